The average molecular weight is 317 g/mol. The van der Waals surface area contributed by atoms with E-state index in [4.69, 9.17) is 4.74 Å². The van der Waals surface area contributed by atoms with Gasteiger partial charge in [0, 0.05) is 19.6 Å². The van der Waals surface area contributed by atoms with Gasteiger partial charge in [0.05, 0.1) is 18.2 Å². The molecule has 1 N–H and O–H groups in total. The number of carbonyl (C=O) groups excluding carboxylic acids is 2. The van der Waals surface area contributed by atoms with Gasteiger partial charge in [0.1, 0.15) is 0 Å². The van der Waals surface area contributed by atoms with Crippen LogP contribution in [-0.4, -0.2) is 42.0 Å². The molecule has 0 fully saturated rings. The Morgan fingerprint density at radius 2 is 2.09 bits per heavy atom. The molecule has 124 valence electrons. The summed E-state index contributed by atoms with van der Waals surface area (Å²) in [7, 11) is 1.55. The van der Waals surface area contributed by atoms with E-state index in [-0.39, 0.29) is 17.3 Å². The highest BCUT2D eigenvalue weighted by molar-refractivity contribution is 6.09. The van der Waals surface area contributed by atoms with Crippen LogP contribution in [0.15, 0.2) is 35.6 Å². The van der Waals surface area contributed by atoms with Gasteiger partial charge in [-0.25, -0.2) is 0 Å². The van der Waals surface area contributed by atoms with Gasteiger partial charge in [-0.2, -0.15) is 0 Å². The molecule has 2 rings (SSSR count). The molecule has 5 heteroatoms. The number of aliphatic hydroxyl groups excluding tert-OH is 1. The molecule has 5 nitrogen and oxygen atoms in total. The van der Waals surface area contributed by atoms with E-state index in [1.165, 1.54) is 4.90 Å². The fourth-order valence-corrected chi connectivity index (χ4v) is 2.82. The minimum atomic E-state index is -0.563. The van der Waals surface area contributed by atoms with E-state index in [2.05, 4.69) is 0 Å². The van der Waals surface area contributed by atoms with E-state index < -0.39 is 17.7 Å². The van der Waals surface area contributed by atoms with Gasteiger partial charge in [-0.05, 0) is 12.5 Å². The zero-order valence-electron chi connectivity index (χ0n) is 14.0. The first-order chi connectivity index (χ1) is 10.9. The van der Waals surface area contributed by atoms with Crippen molar-refractivity contribution < 1.29 is 19.4 Å². The van der Waals surface area contributed by atoms with Crippen LogP contribution in [-0.2, 0) is 14.3 Å². The Balaban J connectivity index is 2.52. The van der Waals surface area contributed by atoms with E-state index in [0.717, 1.165) is 11.1 Å². The Morgan fingerprint density at radius 3 is 2.65 bits per heavy atom. The van der Waals surface area contributed by atoms with Crippen molar-refractivity contribution in [1.29, 1.82) is 0 Å². The van der Waals surface area contributed by atoms with Crippen molar-refractivity contribution in [2.75, 3.05) is 20.3 Å². The maximum Gasteiger partial charge on any atom is 0.290 e. The number of rotatable bonds is 6. The van der Waals surface area contributed by atoms with Crippen molar-refractivity contribution >= 4 is 11.7 Å². The number of Topliss-reactive ketones (excluding diaryl/α,β-unsaturated/α-hetero) is 1. The molecule has 0 aromatic heterocycles. The number of nitrogens with zero attached hydrogens (tertiary/aromatic N) is 1. The summed E-state index contributed by atoms with van der Waals surface area (Å²) < 4.78 is 5.06. The van der Waals surface area contributed by atoms with Crippen molar-refractivity contribution in [3.8, 4) is 0 Å². The minimum Gasteiger partial charge on any atom is -0.503 e. The van der Waals surface area contributed by atoms with E-state index in [1.807, 2.05) is 31.2 Å². The van der Waals surface area contributed by atoms with Crippen LogP contribution >= 0.6 is 0 Å². The molecule has 0 bridgehead atoms. The number of aryl methyl sites for hydroxylation is 1. The van der Waals surface area contributed by atoms with Gasteiger partial charge >= 0.3 is 0 Å². The van der Waals surface area contributed by atoms with Crippen molar-refractivity contribution in [3.05, 3.63) is 46.7 Å². The second kappa shape index (κ2) is 6.96. The fourth-order valence-electron chi connectivity index (χ4n) is 2.82. The van der Waals surface area contributed by atoms with Gasteiger partial charge in [-0.15, -0.1) is 0 Å². The molecule has 0 aliphatic carbocycles. The molecule has 1 aromatic rings. The monoisotopic (exact) mass is 317 g/mol. The van der Waals surface area contributed by atoms with E-state index in [0.29, 0.717) is 13.2 Å². The summed E-state index contributed by atoms with van der Waals surface area (Å²) in [5.41, 5.74) is 2.04. The van der Waals surface area contributed by atoms with E-state index in [9.17, 15) is 14.7 Å². The first-order valence-corrected chi connectivity index (χ1v) is 7.72. The quantitative estimate of drug-likeness (QED) is 0.875. The van der Waals surface area contributed by atoms with Crippen LogP contribution in [0.25, 0.3) is 0 Å². The third-order valence-electron chi connectivity index (χ3n) is 3.99. The lowest BCUT2D eigenvalue weighted by molar-refractivity contribution is -0.130. The molecule has 1 atom stereocenters. The molecular weight excluding hydrogens is 294 g/mol. The van der Waals surface area contributed by atoms with Crippen LogP contribution < -0.4 is 0 Å². The Hall–Kier alpha value is -2.14. The van der Waals surface area contributed by atoms with Gasteiger partial charge in [0.2, 0.25) is 0 Å². The third-order valence-corrected chi connectivity index (χ3v) is 3.99. The number of carbonyl (C=O) groups is 2. The van der Waals surface area contributed by atoms with Crippen molar-refractivity contribution in [3.63, 3.8) is 0 Å². The highest BCUT2D eigenvalue weighted by atomic mass is 16.5. The zero-order valence-corrected chi connectivity index (χ0v) is 14.0. The van der Waals surface area contributed by atoms with Crippen LogP contribution in [0.1, 0.15) is 31.0 Å². The summed E-state index contributed by atoms with van der Waals surface area (Å²) in [4.78, 5) is 26.5. The van der Waals surface area contributed by atoms with E-state index >= 15 is 0 Å². The number of aliphatic hydroxyl groups is 1. The summed E-state index contributed by atoms with van der Waals surface area (Å²) in [6.45, 7) is 6.13. The molecule has 1 amide bonds. The molecule has 23 heavy (non-hydrogen) atoms. The number of ether oxygens (including phenoxy) is 1. The number of benzene rings is 1. The van der Waals surface area contributed by atoms with Crippen LogP contribution in [0.4, 0.5) is 0 Å². The van der Waals surface area contributed by atoms with Gasteiger partial charge < -0.3 is 14.7 Å². The molecule has 1 heterocycles. The highest BCUT2D eigenvalue weighted by Gasteiger charge is 2.43. The number of ketones is 1. The second-order valence-corrected chi connectivity index (χ2v) is 6.09. The van der Waals surface area contributed by atoms with Crippen molar-refractivity contribution in [1.82, 2.24) is 4.90 Å². The smallest absolute Gasteiger partial charge is 0.290 e. The minimum absolute atomic E-state index is 0.187. The molecule has 0 saturated heterocycles. The average Bonchev–Trinajstić information content (AvgIpc) is 2.76. The Morgan fingerprint density at radius 1 is 1.39 bits per heavy atom. The van der Waals surface area contributed by atoms with Gasteiger partial charge in [0.25, 0.3) is 5.91 Å². The fraction of sp³-hybridized carbons (Fsp3) is 0.444. The lowest BCUT2D eigenvalue weighted by atomic mass is 9.91. The first kappa shape index (κ1) is 17.2. The van der Waals surface area contributed by atoms with Crippen LogP contribution in [0.5, 0.6) is 0 Å². The molecule has 0 spiro atoms. The SMILES string of the molecule is COCCN1C(=O)C(O)=C(C(=O)C(C)C)C1c1cccc(C)c1. The molecule has 0 saturated carbocycles. The summed E-state index contributed by atoms with van der Waals surface area (Å²) in [6, 6.07) is 7.08. The maximum absolute atomic E-state index is 12.6. The lowest BCUT2D eigenvalue weighted by Crippen LogP contribution is -2.34. The Bertz CT molecular complexity index is 648. The predicted molar refractivity (Wildman–Crippen MR) is 87.0 cm³/mol. The van der Waals surface area contributed by atoms with Gasteiger partial charge in [-0.3, -0.25) is 9.59 Å². The molecule has 1 unspecified atom stereocenters. The summed E-state index contributed by atoms with van der Waals surface area (Å²) in [6.07, 6.45) is 0. The topological polar surface area (TPSA) is 66.8 Å². The summed E-state index contributed by atoms with van der Waals surface area (Å²) in [5, 5.41) is 10.3. The lowest BCUT2D eigenvalue weighted by Gasteiger charge is -2.27. The largest absolute Gasteiger partial charge is 0.503 e. The zero-order chi connectivity index (χ0) is 17.1. The molecule has 1 aliphatic rings. The number of amides is 1. The first-order valence-electron chi connectivity index (χ1n) is 7.72. The van der Waals surface area contributed by atoms with Gasteiger partial charge in [-0.1, -0.05) is 43.7 Å². The normalized spacial score (nSPS) is 18.2. The summed E-state index contributed by atoms with van der Waals surface area (Å²) in [5.74, 6) is -1.46. The van der Waals surface area contributed by atoms with E-state index in [1.54, 1.807) is 21.0 Å². The molecular formula is C18H23NO4. The third kappa shape index (κ3) is 3.29. The number of hydrogen-bond acceptors (Lipinski definition) is 4. The summed E-state index contributed by atoms with van der Waals surface area (Å²) >= 11 is 0. The Kier molecular flexibility index (Phi) is 5.21. The predicted octanol–water partition coefficient (Wildman–Crippen LogP) is 2.56. The van der Waals surface area contributed by atoms with Crippen molar-refractivity contribution in [2.45, 2.75) is 26.8 Å². The molecule has 1 aliphatic heterocycles. The van der Waals surface area contributed by atoms with Crippen molar-refractivity contribution in [2.24, 2.45) is 5.92 Å². The molecule has 1 aromatic carbocycles. The Labute approximate surface area is 136 Å². The van der Waals surface area contributed by atoms with Crippen LogP contribution in [0.2, 0.25) is 0 Å². The second-order valence-electron chi connectivity index (χ2n) is 6.09. The van der Waals surface area contributed by atoms with Crippen LogP contribution in [0, 0.1) is 12.8 Å². The highest BCUT2D eigenvalue weighted by Crippen LogP contribution is 2.38. The van der Waals surface area contributed by atoms with Crippen LogP contribution in [0.3, 0.4) is 0 Å². The van der Waals surface area contributed by atoms with Gasteiger partial charge in [0.15, 0.2) is 11.5 Å². The number of hydrogen-bond donors (Lipinski definition) is 1. The standard InChI is InChI=1S/C18H23NO4/c1-11(2)16(20)14-15(13-7-5-6-12(3)10-13)19(8-9-23-4)18(22)17(14)21/h5-7,10-11,15,21H,8-9H2,1-4H3. The molecule has 0 radical (unpaired) electrons. The maximum atomic E-state index is 12.6. The number of methoxy groups -OCH3 is 1.